The molecule has 0 aliphatic heterocycles. The number of aromatic nitrogens is 1. The molecule has 84 valence electrons. The molecule has 1 nitrogen and oxygen atoms in total. The third-order valence-corrected chi connectivity index (χ3v) is 3.51. The summed E-state index contributed by atoms with van der Waals surface area (Å²) in [6.07, 6.45) is 3.99. The van der Waals surface area contributed by atoms with Gasteiger partial charge in [-0.25, -0.2) is 0 Å². The zero-order valence-corrected chi connectivity index (χ0v) is 11.1. The van der Waals surface area contributed by atoms with Gasteiger partial charge in [-0.15, -0.1) is 11.8 Å². The molecule has 0 N–H and O–H groups in total. The van der Waals surface area contributed by atoms with Crippen LogP contribution in [0.25, 0.3) is 10.9 Å². The normalized spacial score (nSPS) is 12.0. The number of pyridine rings is 1. The van der Waals surface area contributed by atoms with E-state index in [4.69, 9.17) is 0 Å². The molecule has 2 heteroatoms. The summed E-state index contributed by atoms with van der Waals surface area (Å²) in [5.74, 6) is 0. The SMILES string of the molecule is CSc1cc2cccnc2cc1C(C)(C)C. The molecule has 0 amide bonds. The molecule has 0 bridgehead atoms. The molecule has 0 fully saturated rings. The van der Waals surface area contributed by atoms with Gasteiger partial charge in [0.1, 0.15) is 0 Å². The Labute approximate surface area is 101 Å². The van der Waals surface area contributed by atoms with Crippen molar-refractivity contribution in [2.24, 2.45) is 0 Å². The highest BCUT2D eigenvalue weighted by Gasteiger charge is 2.18. The summed E-state index contributed by atoms with van der Waals surface area (Å²) in [6.45, 7) is 6.74. The lowest BCUT2D eigenvalue weighted by Gasteiger charge is -2.22. The molecule has 0 saturated heterocycles. The van der Waals surface area contributed by atoms with Crippen molar-refractivity contribution in [2.75, 3.05) is 6.26 Å². The van der Waals surface area contributed by atoms with Crippen LogP contribution in [0.4, 0.5) is 0 Å². The number of thioether (sulfide) groups is 1. The molecular formula is C14H17NS. The van der Waals surface area contributed by atoms with Gasteiger partial charge in [-0.05, 0) is 35.4 Å². The fourth-order valence-corrected chi connectivity index (χ4v) is 2.68. The third kappa shape index (κ3) is 2.07. The summed E-state index contributed by atoms with van der Waals surface area (Å²) in [5, 5.41) is 1.22. The van der Waals surface area contributed by atoms with Crippen molar-refractivity contribution in [3.05, 3.63) is 36.0 Å². The molecule has 0 radical (unpaired) electrons. The molecule has 16 heavy (non-hydrogen) atoms. The lowest BCUT2D eigenvalue weighted by atomic mass is 9.86. The van der Waals surface area contributed by atoms with Gasteiger partial charge in [0.15, 0.2) is 0 Å². The van der Waals surface area contributed by atoms with Crippen LogP contribution < -0.4 is 0 Å². The van der Waals surface area contributed by atoms with Gasteiger partial charge in [-0.1, -0.05) is 26.8 Å². The van der Waals surface area contributed by atoms with Crippen LogP contribution >= 0.6 is 11.8 Å². The van der Waals surface area contributed by atoms with Crippen LogP contribution in [0.15, 0.2) is 35.4 Å². The van der Waals surface area contributed by atoms with Crippen LogP contribution in [0.1, 0.15) is 26.3 Å². The number of fused-ring (bicyclic) bond motifs is 1. The minimum atomic E-state index is 0.171. The predicted octanol–water partition coefficient (Wildman–Crippen LogP) is 4.25. The van der Waals surface area contributed by atoms with Crippen molar-refractivity contribution in [1.82, 2.24) is 4.98 Å². The van der Waals surface area contributed by atoms with Crippen molar-refractivity contribution in [3.63, 3.8) is 0 Å². The molecule has 0 aliphatic carbocycles. The number of hydrogen-bond acceptors (Lipinski definition) is 2. The Morgan fingerprint density at radius 3 is 2.56 bits per heavy atom. The third-order valence-electron chi connectivity index (χ3n) is 2.73. The molecule has 0 unspecified atom stereocenters. The van der Waals surface area contributed by atoms with Gasteiger partial charge < -0.3 is 0 Å². The fourth-order valence-electron chi connectivity index (χ4n) is 1.85. The summed E-state index contributed by atoms with van der Waals surface area (Å²) in [4.78, 5) is 5.78. The molecule has 1 aromatic heterocycles. The lowest BCUT2D eigenvalue weighted by Crippen LogP contribution is -2.12. The molecule has 0 spiro atoms. The van der Waals surface area contributed by atoms with Gasteiger partial charge in [0.2, 0.25) is 0 Å². The van der Waals surface area contributed by atoms with Gasteiger partial charge in [-0.2, -0.15) is 0 Å². The van der Waals surface area contributed by atoms with Gasteiger partial charge >= 0.3 is 0 Å². The second kappa shape index (κ2) is 4.10. The van der Waals surface area contributed by atoms with E-state index in [1.54, 1.807) is 0 Å². The number of benzene rings is 1. The second-order valence-electron chi connectivity index (χ2n) is 5.00. The lowest BCUT2D eigenvalue weighted by molar-refractivity contribution is 0.579. The van der Waals surface area contributed by atoms with Crippen LogP contribution in [0.2, 0.25) is 0 Å². The summed E-state index contributed by atoms with van der Waals surface area (Å²) in [5.41, 5.74) is 2.64. The molecule has 0 aliphatic rings. The van der Waals surface area contributed by atoms with E-state index < -0.39 is 0 Å². The first-order valence-electron chi connectivity index (χ1n) is 5.45. The maximum atomic E-state index is 4.42. The number of rotatable bonds is 1. The molecule has 0 atom stereocenters. The van der Waals surface area contributed by atoms with Crippen LogP contribution in [-0.4, -0.2) is 11.2 Å². The van der Waals surface area contributed by atoms with Crippen molar-refractivity contribution in [1.29, 1.82) is 0 Å². The Morgan fingerprint density at radius 1 is 1.19 bits per heavy atom. The first kappa shape index (κ1) is 11.5. The highest BCUT2D eigenvalue weighted by atomic mass is 32.2. The van der Waals surface area contributed by atoms with E-state index >= 15 is 0 Å². The highest BCUT2D eigenvalue weighted by Crippen LogP contribution is 2.34. The number of hydrogen-bond donors (Lipinski definition) is 0. The van der Waals surface area contributed by atoms with Crippen molar-refractivity contribution in [2.45, 2.75) is 31.1 Å². The molecule has 1 aromatic carbocycles. The van der Waals surface area contributed by atoms with Crippen LogP contribution in [-0.2, 0) is 5.41 Å². The monoisotopic (exact) mass is 231 g/mol. The van der Waals surface area contributed by atoms with Crippen molar-refractivity contribution < 1.29 is 0 Å². The van der Waals surface area contributed by atoms with E-state index in [2.05, 4.69) is 50.2 Å². The Morgan fingerprint density at radius 2 is 1.94 bits per heavy atom. The Balaban J connectivity index is 2.73. The van der Waals surface area contributed by atoms with Gasteiger partial charge in [0.05, 0.1) is 5.52 Å². The molecule has 2 aromatic rings. The first-order valence-corrected chi connectivity index (χ1v) is 6.68. The second-order valence-corrected chi connectivity index (χ2v) is 5.85. The van der Waals surface area contributed by atoms with E-state index in [0.29, 0.717) is 0 Å². The average Bonchev–Trinajstić information content (AvgIpc) is 2.26. The minimum Gasteiger partial charge on any atom is -0.256 e. The number of nitrogens with zero attached hydrogens (tertiary/aromatic N) is 1. The Kier molecular flexibility index (Phi) is 2.94. The maximum Gasteiger partial charge on any atom is 0.0705 e. The zero-order valence-electron chi connectivity index (χ0n) is 10.2. The predicted molar refractivity (Wildman–Crippen MR) is 72.2 cm³/mol. The zero-order chi connectivity index (χ0) is 11.8. The smallest absolute Gasteiger partial charge is 0.0705 e. The summed E-state index contributed by atoms with van der Waals surface area (Å²) >= 11 is 1.81. The molecule has 0 saturated carbocycles. The molecular weight excluding hydrogens is 214 g/mol. The molecule has 1 heterocycles. The standard InChI is InChI=1S/C14H17NS/c1-14(2,3)11-9-12-10(6-5-7-15-12)8-13(11)16-4/h5-9H,1-4H3. The van der Waals surface area contributed by atoms with E-state index in [9.17, 15) is 0 Å². The van der Waals surface area contributed by atoms with Crippen molar-refractivity contribution >= 4 is 22.7 Å². The minimum absolute atomic E-state index is 0.171. The maximum absolute atomic E-state index is 4.42. The summed E-state index contributed by atoms with van der Waals surface area (Å²) in [6, 6.07) is 8.58. The van der Waals surface area contributed by atoms with E-state index in [0.717, 1.165) is 5.52 Å². The first-order chi connectivity index (χ1) is 7.52. The molecule has 2 rings (SSSR count). The van der Waals surface area contributed by atoms with Crippen LogP contribution in [0, 0.1) is 0 Å². The fraction of sp³-hybridized carbons (Fsp3) is 0.357. The van der Waals surface area contributed by atoms with Gasteiger partial charge in [-0.3, -0.25) is 4.98 Å². The topological polar surface area (TPSA) is 12.9 Å². The summed E-state index contributed by atoms with van der Waals surface area (Å²) in [7, 11) is 0. The van der Waals surface area contributed by atoms with Gasteiger partial charge in [0, 0.05) is 16.5 Å². The van der Waals surface area contributed by atoms with Crippen molar-refractivity contribution in [3.8, 4) is 0 Å². The van der Waals surface area contributed by atoms with E-state index in [1.165, 1.54) is 15.8 Å². The summed E-state index contributed by atoms with van der Waals surface area (Å²) < 4.78 is 0. The quantitative estimate of drug-likeness (QED) is 0.680. The Hall–Kier alpha value is -1.02. The van der Waals surface area contributed by atoms with Crippen LogP contribution in [0.3, 0.4) is 0 Å². The van der Waals surface area contributed by atoms with Gasteiger partial charge in [0.25, 0.3) is 0 Å². The Bertz CT molecular complexity index is 512. The van der Waals surface area contributed by atoms with E-state index in [-0.39, 0.29) is 5.41 Å². The van der Waals surface area contributed by atoms with Crippen LogP contribution in [0.5, 0.6) is 0 Å². The highest BCUT2D eigenvalue weighted by molar-refractivity contribution is 7.98. The average molecular weight is 231 g/mol. The largest absolute Gasteiger partial charge is 0.256 e. The van der Waals surface area contributed by atoms with E-state index in [1.807, 2.05) is 24.0 Å².